The molecule has 0 saturated carbocycles. The number of nitrogens with zero attached hydrogens (tertiary/aromatic N) is 1. The summed E-state index contributed by atoms with van der Waals surface area (Å²) in [5.74, 6) is -0.0415. The summed E-state index contributed by atoms with van der Waals surface area (Å²) in [4.78, 5) is 25.9. The van der Waals surface area contributed by atoms with Crippen LogP contribution in [0.15, 0.2) is 41.0 Å². The Labute approximate surface area is 158 Å². The molecule has 4 rings (SSSR count). The number of hydrogen-bond acceptors (Lipinski definition) is 3. The van der Waals surface area contributed by atoms with Crippen LogP contribution in [-0.4, -0.2) is 18.4 Å². The van der Waals surface area contributed by atoms with Crippen molar-refractivity contribution in [3.8, 4) is 0 Å². The molecule has 2 amide bonds. The van der Waals surface area contributed by atoms with Gasteiger partial charge in [0, 0.05) is 35.8 Å². The number of carbonyl (C=O) groups excluding carboxylic acids is 2. The molecule has 0 unspecified atom stereocenters. The fourth-order valence-corrected chi connectivity index (χ4v) is 3.71. The summed E-state index contributed by atoms with van der Waals surface area (Å²) in [7, 11) is 0. The Kier molecular flexibility index (Phi) is 4.22. The number of amides is 2. The number of fused-ring (bicyclic) bond motifs is 2. The highest BCUT2D eigenvalue weighted by Crippen LogP contribution is 2.31. The van der Waals surface area contributed by atoms with Crippen molar-refractivity contribution in [3.05, 3.63) is 58.8 Å². The van der Waals surface area contributed by atoms with Gasteiger partial charge in [-0.3, -0.25) is 9.59 Å². The quantitative estimate of drug-likeness (QED) is 0.762. The molecule has 1 aromatic heterocycles. The van der Waals surface area contributed by atoms with Crippen molar-refractivity contribution in [2.45, 2.75) is 33.6 Å². The summed E-state index contributed by atoms with van der Waals surface area (Å²) in [5, 5.41) is 3.95. The average Bonchev–Trinajstić information content (AvgIpc) is 3.22. The molecular formula is C22H22N2O3. The number of aryl methyl sites for hydroxylation is 2. The molecule has 27 heavy (non-hydrogen) atoms. The first-order valence-electron chi connectivity index (χ1n) is 9.11. The highest BCUT2D eigenvalue weighted by Gasteiger charge is 2.22. The Morgan fingerprint density at radius 1 is 1.19 bits per heavy atom. The Bertz CT molecular complexity index is 1060. The first-order valence-corrected chi connectivity index (χ1v) is 9.11. The van der Waals surface area contributed by atoms with Crippen molar-refractivity contribution in [2.75, 3.05) is 16.8 Å². The van der Waals surface area contributed by atoms with Gasteiger partial charge in [0.1, 0.15) is 5.58 Å². The molecule has 0 atom stereocenters. The lowest BCUT2D eigenvalue weighted by Crippen LogP contribution is -2.25. The van der Waals surface area contributed by atoms with E-state index < -0.39 is 0 Å². The summed E-state index contributed by atoms with van der Waals surface area (Å²) in [6, 6.07) is 9.76. The summed E-state index contributed by atoms with van der Waals surface area (Å²) in [6.07, 6.45) is 2.74. The van der Waals surface area contributed by atoms with Crippen molar-refractivity contribution in [1.29, 1.82) is 0 Å². The van der Waals surface area contributed by atoms with E-state index in [1.54, 1.807) is 18.1 Å². The van der Waals surface area contributed by atoms with Gasteiger partial charge in [0.15, 0.2) is 0 Å². The standard InChI is InChI=1S/C22H22N2O3/c1-13-4-6-19-17(12-27-22(19)14(13)2)11-21(26)23-18-5-7-20-16(10-18)8-9-24(20)15(3)25/h4-7,10,12H,8-9,11H2,1-3H3,(H,23,26). The molecule has 2 heterocycles. The molecular weight excluding hydrogens is 340 g/mol. The van der Waals surface area contributed by atoms with Crippen LogP contribution in [0.1, 0.15) is 29.2 Å². The van der Waals surface area contributed by atoms with Crippen molar-refractivity contribution in [3.63, 3.8) is 0 Å². The summed E-state index contributed by atoms with van der Waals surface area (Å²) in [5.41, 5.74) is 6.78. The molecule has 0 saturated heterocycles. The highest BCUT2D eigenvalue weighted by atomic mass is 16.3. The number of benzene rings is 2. The zero-order valence-electron chi connectivity index (χ0n) is 15.8. The Morgan fingerprint density at radius 3 is 2.78 bits per heavy atom. The second kappa shape index (κ2) is 6.58. The maximum atomic E-state index is 12.5. The number of carbonyl (C=O) groups is 2. The van der Waals surface area contributed by atoms with E-state index in [-0.39, 0.29) is 18.2 Å². The minimum Gasteiger partial charge on any atom is -0.464 e. The van der Waals surface area contributed by atoms with Crippen LogP contribution in [0.4, 0.5) is 11.4 Å². The molecule has 0 spiro atoms. The molecule has 0 aliphatic carbocycles. The largest absolute Gasteiger partial charge is 0.464 e. The van der Waals surface area contributed by atoms with Gasteiger partial charge in [0.2, 0.25) is 11.8 Å². The van der Waals surface area contributed by atoms with Crippen molar-refractivity contribution in [2.24, 2.45) is 0 Å². The van der Waals surface area contributed by atoms with Crippen LogP contribution < -0.4 is 10.2 Å². The van der Waals surface area contributed by atoms with Crippen LogP contribution in [0.5, 0.6) is 0 Å². The van der Waals surface area contributed by atoms with Gasteiger partial charge < -0.3 is 14.6 Å². The van der Waals surface area contributed by atoms with Crippen molar-refractivity contribution >= 4 is 34.2 Å². The van der Waals surface area contributed by atoms with E-state index in [9.17, 15) is 9.59 Å². The molecule has 1 aliphatic rings. The predicted octanol–water partition coefficient (Wildman–Crippen LogP) is 4.14. The van der Waals surface area contributed by atoms with Crippen LogP contribution in [0.3, 0.4) is 0 Å². The van der Waals surface area contributed by atoms with Gasteiger partial charge in [0.25, 0.3) is 0 Å². The second-order valence-corrected chi connectivity index (χ2v) is 7.13. The topological polar surface area (TPSA) is 62.6 Å². The zero-order valence-corrected chi connectivity index (χ0v) is 15.8. The molecule has 5 heteroatoms. The van der Waals surface area contributed by atoms with E-state index >= 15 is 0 Å². The van der Waals surface area contributed by atoms with E-state index in [0.29, 0.717) is 6.54 Å². The fraction of sp³-hybridized carbons (Fsp3) is 0.273. The molecule has 3 aromatic rings. The number of anilines is 2. The van der Waals surface area contributed by atoms with Crippen molar-refractivity contribution in [1.82, 2.24) is 0 Å². The lowest BCUT2D eigenvalue weighted by Gasteiger charge is -2.15. The van der Waals surface area contributed by atoms with Gasteiger partial charge in [-0.2, -0.15) is 0 Å². The maximum Gasteiger partial charge on any atom is 0.228 e. The number of hydrogen-bond donors (Lipinski definition) is 1. The summed E-state index contributed by atoms with van der Waals surface area (Å²) in [6.45, 7) is 6.34. The molecule has 138 valence electrons. The predicted molar refractivity (Wildman–Crippen MR) is 106 cm³/mol. The maximum absolute atomic E-state index is 12.5. The van der Waals surface area contributed by atoms with E-state index in [4.69, 9.17) is 4.42 Å². The minimum atomic E-state index is -0.0858. The summed E-state index contributed by atoms with van der Waals surface area (Å²) < 4.78 is 5.69. The monoisotopic (exact) mass is 362 g/mol. The Balaban J connectivity index is 1.51. The molecule has 2 aromatic carbocycles. The van der Waals surface area contributed by atoms with E-state index in [1.807, 2.05) is 38.1 Å². The van der Waals surface area contributed by atoms with Gasteiger partial charge >= 0.3 is 0 Å². The molecule has 0 bridgehead atoms. The number of nitrogens with one attached hydrogen (secondary N) is 1. The second-order valence-electron chi connectivity index (χ2n) is 7.13. The molecule has 0 radical (unpaired) electrons. The van der Waals surface area contributed by atoms with Gasteiger partial charge in [-0.1, -0.05) is 12.1 Å². The summed E-state index contributed by atoms with van der Waals surface area (Å²) >= 11 is 0. The third kappa shape index (κ3) is 3.10. The van der Waals surface area contributed by atoms with E-state index in [1.165, 1.54) is 5.56 Å². The Morgan fingerprint density at radius 2 is 2.00 bits per heavy atom. The molecule has 0 fully saturated rings. The van der Waals surface area contributed by atoms with Gasteiger partial charge in [0.05, 0.1) is 12.7 Å². The van der Waals surface area contributed by atoms with Crippen LogP contribution in [-0.2, 0) is 22.4 Å². The first kappa shape index (κ1) is 17.3. The molecule has 1 N–H and O–H groups in total. The third-order valence-corrected chi connectivity index (χ3v) is 5.33. The van der Waals surface area contributed by atoms with E-state index in [2.05, 4.69) is 11.4 Å². The zero-order chi connectivity index (χ0) is 19.1. The van der Waals surface area contributed by atoms with E-state index in [0.717, 1.165) is 45.5 Å². The van der Waals surface area contributed by atoms with Crippen LogP contribution in [0.2, 0.25) is 0 Å². The lowest BCUT2D eigenvalue weighted by atomic mass is 10.0. The van der Waals surface area contributed by atoms with Gasteiger partial charge in [-0.25, -0.2) is 0 Å². The van der Waals surface area contributed by atoms with Gasteiger partial charge in [-0.05, 0) is 55.2 Å². The molecule has 1 aliphatic heterocycles. The highest BCUT2D eigenvalue weighted by molar-refractivity contribution is 5.97. The minimum absolute atomic E-state index is 0.0444. The number of furan rings is 1. The van der Waals surface area contributed by atoms with Crippen LogP contribution >= 0.6 is 0 Å². The van der Waals surface area contributed by atoms with Crippen molar-refractivity contribution < 1.29 is 14.0 Å². The smallest absolute Gasteiger partial charge is 0.228 e. The fourth-order valence-electron chi connectivity index (χ4n) is 3.71. The normalized spacial score (nSPS) is 13.1. The van der Waals surface area contributed by atoms with Gasteiger partial charge in [-0.15, -0.1) is 0 Å². The number of rotatable bonds is 3. The van der Waals surface area contributed by atoms with Crippen LogP contribution in [0, 0.1) is 13.8 Å². The first-order chi connectivity index (χ1) is 12.9. The Hall–Kier alpha value is -3.08. The average molecular weight is 362 g/mol. The lowest BCUT2D eigenvalue weighted by molar-refractivity contribution is -0.117. The SMILES string of the molecule is CC(=O)N1CCc2cc(NC(=O)Cc3coc4c(C)c(C)ccc34)ccc21. The van der Waals surface area contributed by atoms with Crippen LogP contribution in [0.25, 0.3) is 11.0 Å². The third-order valence-electron chi connectivity index (χ3n) is 5.33. The molecule has 5 nitrogen and oxygen atoms in total.